The van der Waals surface area contributed by atoms with Crippen molar-refractivity contribution in [2.24, 2.45) is 5.14 Å². The molecule has 0 bridgehead atoms. The highest BCUT2D eigenvalue weighted by Gasteiger charge is 2.22. The number of aromatic nitrogens is 1. The van der Waals surface area contributed by atoms with Gasteiger partial charge in [0.05, 0.1) is 5.56 Å². The number of primary sulfonamides is 1. The van der Waals surface area contributed by atoms with Gasteiger partial charge in [0.1, 0.15) is 11.6 Å². The van der Waals surface area contributed by atoms with Gasteiger partial charge in [-0.05, 0) is 0 Å². The molecular weight excluding hydrogens is 244 g/mol. The summed E-state index contributed by atoms with van der Waals surface area (Å²) < 4.78 is 46.4. The molecule has 3 N–H and O–H groups in total. The van der Waals surface area contributed by atoms with Crippen LogP contribution in [-0.2, 0) is 10.0 Å². The maximum absolute atomic E-state index is 12.3. The standard InChI is InChI=1S/C7H5F2N3O3S/c8-6(9)4-2-12-7(16(11,14)15)3(1-10)5(4)13/h2,6H,(H,12,13)(H2,11,14,15). The number of nitrogens with two attached hydrogens (primary N) is 1. The van der Waals surface area contributed by atoms with Crippen LogP contribution in [0.5, 0.6) is 0 Å². The van der Waals surface area contributed by atoms with Gasteiger partial charge in [-0.2, -0.15) is 5.26 Å². The van der Waals surface area contributed by atoms with Crippen molar-refractivity contribution in [1.29, 1.82) is 5.26 Å². The summed E-state index contributed by atoms with van der Waals surface area (Å²) in [6.45, 7) is 0. The number of nitrogens with one attached hydrogen (secondary N) is 1. The lowest BCUT2D eigenvalue weighted by atomic mass is 10.2. The molecule has 1 rings (SSSR count). The zero-order valence-electron chi connectivity index (χ0n) is 7.57. The Morgan fingerprint density at radius 3 is 2.44 bits per heavy atom. The van der Waals surface area contributed by atoms with E-state index < -0.39 is 38.0 Å². The molecule has 0 saturated heterocycles. The second-order valence-corrected chi connectivity index (χ2v) is 4.23. The molecule has 0 spiro atoms. The van der Waals surface area contributed by atoms with Gasteiger partial charge in [-0.15, -0.1) is 0 Å². The Bertz CT molecular complexity index is 615. The summed E-state index contributed by atoms with van der Waals surface area (Å²) in [5.41, 5.74) is -3.27. The Morgan fingerprint density at radius 2 is 2.06 bits per heavy atom. The van der Waals surface area contributed by atoms with E-state index in [1.165, 1.54) is 6.07 Å². The fourth-order valence-electron chi connectivity index (χ4n) is 1.02. The monoisotopic (exact) mass is 249 g/mol. The highest BCUT2D eigenvalue weighted by Crippen LogP contribution is 2.16. The number of pyridine rings is 1. The van der Waals surface area contributed by atoms with E-state index in [0.29, 0.717) is 6.20 Å². The lowest BCUT2D eigenvalue weighted by molar-refractivity contribution is 0.149. The van der Waals surface area contributed by atoms with Crippen LogP contribution in [0.2, 0.25) is 0 Å². The second-order valence-electron chi connectivity index (χ2n) is 2.73. The van der Waals surface area contributed by atoms with Gasteiger partial charge in [-0.1, -0.05) is 0 Å². The van der Waals surface area contributed by atoms with Crippen molar-refractivity contribution in [2.45, 2.75) is 11.5 Å². The molecule has 9 heteroatoms. The van der Waals surface area contributed by atoms with Crippen LogP contribution in [0.1, 0.15) is 17.6 Å². The van der Waals surface area contributed by atoms with Crippen LogP contribution in [0.3, 0.4) is 0 Å². The molecule has 1 aromatic rings. The zero-order valence-corrected chi connectivity index (χ0v) is 8.38. The predicted molar refractivity (Wildman–Crippen MR) is 48.1 cm³/mol. The van der Waals surface area contributed by atoms with E-state index in [-0.39, 0.29) is 0 Å². The number of alkyl halides is 2. The summed E-state index contributed by atoms with van der Waals surface area (Å²) in [6, 6.07) is 1.23. The SMILES string of the molecule is N#Cc1c(S(N)(=O)=O)[nH]cc(C(F)F)c1=O. The quantitative estimate of drug-likeness (QED) is 0.756. The van der Waals surface area contributed by atoms with Crippen LogP contribution in [0.4, 0.5) is 8.78 Å². The molecule has 1 heterocycles. The highest BCUT2D eigenvalue weighted by molar-refractivity contribution is 7.89. The Morgan fingerprint density at radius 1 is 1.50 bits per heavy atom. The van der Waals surface area contributed by atoms with Crippen LogP contribution in [0, 0.1) is 11.3 Å². The number of hydrogen-bond acceptors (Lipinski definition) is 4. The molecule has 0 atom stereocenters. The molecule has 0 amide bonds. The third kappa shape index (κ3) is 2.07. The van der Waals surface area contributed by atoms with Crippen molar-refractivity contribution < 1.29 is 17.2 Å². The van der Waals surface area contributed by atoms with E-state index in [1.54, 1.807) is 0 Å². The molecule has 6 nitrogen and oxygen atoms in total. The predicted octanol–water partition coefficient (Wildman–Crippen LogP) is -0.168. The fourth-order valence-corrected chi connectivity index (χ4v) is 1.66. The van der Waals surface area contributed by atoms with Crippen LogP contribution in [0.25, 0.3) is 0 Å². The van der Waals surface area contributed by atoms with Crippen molar-refractivity contribution >= 4 is 10.0 Å². The van der Waals surface area contributed by atoms with Gasteiger partial charge in [-0.25, -0.2) is 22.3 Å². The van der Waals surface area contributed by atoms with Gasteiger partial charge in [0.15, 0.2) is 5.03 Å². The summed E-state index contributed by atoms with van der Waals surface area (Å²) in [5, 5.41) is 12.4. The third-order valence-electron chi connectivity index (χ3n) is 1.71. The van der Waals surface area contributed by atoms with Crippen molar-refractivity contribution in [3.05, 3.63) is 27.5 Å². The van der Waals surface area contributed by atoms with E-state index in [9.17, 15) is 22.0 Å². The summed E-state index contributed by atoms with van der Waals surface area (Å²) in [7, 11) is -4.33. The van der Waals surface area contributed by atoms with Crippen molar-refractivity contribution in [3.63, 3.8) is 0 Å². The number of H-pyrrole nitrogens is 1. The molecule has 16 heavy (non-hydrogen) atoms. The molecular formula is C7H5F2N3O3S. The van der Waals surface area contributed by atoms with Crippen LogP contribution in [-0.4, -0.2) is 13.4 Å². The molecule has 0 radical (unpaired) electrons. The Hall–Kier alpha value is -1.79. The highest BCUT2D eigenvalue weighted by atomic mass is 32.2. The van der Waals surface area contributed by atoms with Gasteiger partial charge in [0.2, 0.25) is 5.43 Å². The summed E-state index contributed by atoms with van der Waals surface area (Å²) in [5.74, 6) is 0. The number of halogens is 2. The van der Waals surface area contributed by atoms with Gasteiger partial charge >= 0.3 is 0 Å². The summed E-state index contributed by atoms with van der Waals surface area (Å²) >= 11 is 0. The second kappa shape index (κ2) is 3.99. The average molecular weight is 249 g/mol. The fraction of sp³-hybridized carbons (Fsp3) is 0.143. The normalized spacial score (nSPS) is 11.4. The molecule has 86 valence electrons. The van der Waals surface area contributed by atoms with Crippen LogP contribution >= 0.6 is 0 Å². The van der Waals surface area contributed by atoms with E-state index >= 15 is 0 Å². The minimum atomic E-state index is -4.33. The van der Waals surface area contributed by atoms with E-state index in [2.05, 4.69) is 0 Å². The maximum atomic E-state index is 12.3. The smallest absolute Gasteiger partial charge is 0.269 e. The van der Waals surface area contributed by atoms with Crippen molar-refractivity contribution in [1.82, 2.24) is 4.98 Å². The molecule has 0 fully saturated rings. The largest absolute Gasteiger partial charge is 0.349 e. The van der Waals surface area contributed by atoms with E-state index in [1.807, 2.05) is 4.98 Å². The first kappa shape index (κ1) is 12.3. The Kier molecular flexibility index (Phi) is 3.06. The lowest BCUT2D eigenvalue weighted by Crippen LogP contribution is -2.23. The van der Waals surface area contributed by atoms with Crippen LogP contribution in [0.15, 0.2) is 16.0 Å². The van der Waals surface area contributed by atoms with Gasteiger partial charge in [0, 0.05) is 6.20 Å². The first-order valence-electron chi connectivity index (χ1n) is 3.75. The summed E-state index contributed by atoms with van der Waals surface area (Å²) in [6.07, 6.45) is -2.58. The molecule has 0 saturated carbocycles. The molecule has 0 aliphatic heterocycles. The minimum Gasteiger partial charge on any atom is -0.349 e. The Balaban J connectivity index is 3.70. The minimum absolute atomic E-state index is 0.521. The number of nitriles is 1. The number of rotatable bonds is 2. The van der Waals surface area contributed by atoms with Gasteiger partial charge in [-0.3, -0.25) is 4.79 Å². The maximum Gasteiger partial charge on any atom is 0.269 e. The molecule has 0 unspecified atom stereocenters. The first-order chi connectivity index (χ1) is 7.29. The molecule has 1 aromatic heterocycles. The van der Waals surface area contributed by atoms with Crippen molar-refractivity contribution in [2.75, 3.05) is 0 Å². The number of sulfonamides is 1. The third-order valence-corrected chi connectivity index (χ3v) is 2.60. The van der Waals surface area contributed by atoms with E-state index in [0.717, 1.165) is 0 Å². The van der Waals surface area contributed by atoms with E-state index in [4.69, 9.17) is 10.4 Å². The Labute approximate surface area is 88.4 Å². The molecule has 0 aliphatic rings. The number of nitrogens with zero attached hydrogens (tertiary/aromatic N) is 1. The molecule has 0 aliphatic carbocycles. The molecule has 0 aromatic carbocycles. The topological polar surface area (TPSA) is 117 Å². The number of aromatic amines is 1. The number of hydrogen-bond donors (Lipinski definition) is 2. The average Bonchev–Trinajstić information content (AvgIpc) is 2.15. The zero-order chi connectivity index (χ0) is 12.5. The van der Waals surface area contributed by atoms with Gasteiger partial charge in [0.25, 0.3) is 16.4 Å². The van der Waals surface area contributed by atoms with Crippen LogP contribution < -0.4 is 10.6 Å². The lowest BCUT2D eigenvalue weighted by Gasteiger charge is -2.03. The van der Waals surface area contributed by atoms with Crippen molar-refractivity contribution in [3.8, 4) is 6.07 Å². The summed E-state index contributed by atoms with van der Waals surface area (Å²) in [4.78, 5) is 13.2. The van der Waals surface area contributed by atoms with Gasteiger partial charge < -0.3 is 4.98 Å². The first-order valence-corrected chi connectivity index (χ1v) is 5.30.